The topological polar surface area (TPSA) is 45.6 Å². The first-order valence-electron chi connectivity index (χ1n) is 12.1. The molecule has 2 saturated heterocycles. The normalized spacial score (nSPS) is 20.0. The lowest BCUT2D eigenvalue weighted by Gasteiger charge is -2.31. The zero-order valence-electron chi connectivity index (χ0n) is 19.6. The molecule has 4 aromatic rings. The third kappa shape index (κ3) is 4.12. The fourth-order valence-corrected chi connectivity index (χ4v) is 5.43. The summed E-state index contributed by atoms with van der Waals surface area (Å²) in [6.07, 6.45) is 3.68. The van der Waals surface area contributed by atoms with E-state index in [9.17, 15) is 4.39 Å². The van der Waals surface area contributed by atoms with Crippen LogP contribution in [0.3, 0.4) is 0 Å². The van der Waals surface area contributed by atoms with Gasteiger partial charge < -0.3 is 24.4 Å². The fraction of sp³-hybridized carbons (Fsp3) is 0.214. The number of pyridine rings is 1. The van der Waals surface area contributed by atoms with Gasteiger partial charge in [0.2, 0.25) is 0 Å². The summed E-state index contributed by atoms with van der Waals surface area (Å²) in [5.41, 5.74) is 4.42. The number of rotatable bonds is 5. The standard InChI is InChI=1S/C28H26FN5OS/c29-22-6-1-2-8-24(22)33-15-5-9-25(33)27-26(23-7-3-4-14-30-23)31-28(36)34(27)21-12-10-20(11-13-21)32-16-18-35-19-17-32/h1-15,26-27H,16-19H2,(H,31,36). The fourth-order valence-electron chi connectivity index (χ4n) is 5.08. The summed E-state index contributed by atoms with van der Waals surface area (Å²) in [5, 5.41) is 4.10. The van der Waals surface area contributed by atoms with E-state index >= 15 is 0 Å². The Bertz CT molecular complexity index is 1350. The van der Waals surface area contributed by atoms with Gasteiger partial charge in [-0.1, -0.05) is 18.2 Å². The summed E-state index contributed by atoms with van der Waals surface area (Å²) in [4.78, 5) is 9.07. The highest BCUT2D eigenvalue weighted by Crippen LogP contribution is 2.42. The second-order valence-electron chi connectivity index (χ2n) is 8.87. The Morgan fingerprint density at radius 3 is 2.39 bits per heavy atom. The molecule has 2 aliphatic rings. The quantitative estimate of drug-likeness (QED) is 0.389. The van der Waals surface area contributed by atoms with Crippen LogP contribution in [0.4, 0.5) is 15.8 Å². The first kappa shape index (κ1) is 22.7. The summed E-state index contributed by atoms with van der Waals surface area (Å²) in [6, 6.07) is 24.7. The number of aromatic nitrogens is 2. The van der Waals surface area contributed by atoms with Crippen molar-refractivity contribution in [1.82, 2.24) is 14.9 Å². The zero-order valence-corrected chi connectivity index (χ0v) is 20.4. The molecule has 0 radical (unpaired) electrons. The molecule has 4 heterocycles. The van der Waals surface area contributed by atoms with Crippen molar-refractivity contribution >= 4 is 28.7 Å². The van der Waals surface area contributed by atoms with Gasteiger partial charge in [0, 0.05) is 42.6 Å². The van der Waals surface area contributed by atoms with E-state index in [1.54, 1.807) is 18.3 Å². The number of hydrogen-bond acceptors (Lipinski definition) is 4. The van der Waals surface area contributed by atoms with Crippen LogP contribution >= 0.6 is 12.2 Å². The molecule has 6 rings (SSSR count). The van der Waals surface area contributed by atoms with Crippen LogP contribution in [-0.4, -0.2) is 41.0 Å². The van der Waals surface area contributed by atoms with Gasteiger partial charge in [-0.2, -0.15) is 0 Å². The Balaban J connectivity index is 1.43. The van der Waals surface area contributed by atoms with Gasteiger partial charge in [0.15, 0.2) is 5.11 Å². The lowest BCUT2D eigenvalue weighted by atomic mass is 10.0. The summed E-state index contributed by atoms with van der Waals surface area (Å²) >= 11 is 5.87. The molecule has 2 unspecified atom stereocenters. The number of halogens is 1. The molecule has 0 aliphatic carbocycles. The number of thiocarbonyl (C=S) groups is 1. The minimum Gasteiger partial charge on any atom is -0.378 e. The molecule has 2 fully saturated rings. The molecule has 2 aromatic carbocycles. The highest BCUT2D eigenvalue weighted by molar-refractivity contribution is 7.80. The van der Waals surface area contributed by atoms with Crippen molar-refractivity contribution in [1.29, 1.82) is 0 Å². The maximum Gasteiger partial charge on any atom is 0.174 e. The molecule has 182 valence electrons. The molecule has 2 aromatic heterocycles. The van der Waals surface area contributed by atoms with Gasteiger partial charge in [-0.25, -0.2) is 4.39 Å². The molecular weight excluding hydrogens is 473 g/mol. The van der Waals surface area contributed by atoms with Crippen LogP contribution in [0.15, 0.2) is 91.3 Å². The van der Waals surface area contributed by atoms with E-state index in [0.717, 1.165) is 49.1 Å². The smallest absolute Gasteiger partial charge is 0.174 e. The molecule has 0 amide bonds. The van der Waals surface area contributed by atoms with Crippen LogP contribution < -0.4 is 15.1 Å². The minimum absolute atomic E-state index is 0.210. The number of nitrogens with zero attached hydrogens (tertiary/aromatic N) is 4. The Labute approximate surface area is 214 Å². The lowest BCUT2D eigenvalue weighted by Crippen LogP contribution is -2.36. The van der Waals surface area contributed by atoms with Crippen LogP contribution in [0.25, 0.3) is 5.69 Å². The SMILES string of the molecule is Fc1ccccc1-n1cccc1C1C(c2ccccn2)NC(=S)N1c1ccc(N2CCOCC2)cc1. The van der Waals surface area contributed by atoms with Crippen LogP contribution in [0.2, 0.25) is 0 Å². The van der Waals surface area contributed by atoms with Gasteiger partial charge in [0.1, 0.15) is 11.9 Å². The molecule has 0 spiro atoms. The first-order chi connectivity index (χ1) is 17.7. The molecule has 36 heavy (non-hydrogen) atoms. The third-order valence-corrected chi connectivity index (χ3v) is 7.11. The van der Waals surface area contributed by atoms with E-state index in [1.165, 1.54) is 6.07 Å². The molecule has 0 saturated carbocycles. The van der Waals surface area contributed by atoms with Gasteiger partial charge in [0.25, 0.3) is 0 Å². The second-order valence-corrected chi connectivity index (χ2v) is 9.25. The maximum absolute atomic E-state index is 14.9. The molecule has 2 atom stereocenters. The predicted molar refractivity (Wildman–Crippen MR) is 143 cm³/mol. The molecule has 2 aliphatic heterocycles. The number of benzene rings is 2. The predicted octanol–water partition coefficient (Wildman–Crippen LogP) is 5.03. The number of anilines is 2. The highest BCUT2D eigenvalue weighted by Gasteiger charge is 2.42. The monoisotopic (exact) mass is 499 g/mol. The Morgan fingerprint density at radius 1 is 0.889 bits per heavy atom. The molecular formula is C28H26FN5OS. The Kier molecular flexibility index (Phi) is 6.13. The molecule has 1 N–H and O–H groups in total. The lowest BCUT2D eigenvalue weighted by molar-refractivity contribution is 0.122. The van der Waals surface area contributed by atoms with Gasteiger partial charge in [-0.3, -0.25) is 4.98 Å². The minimum atomic E-state index is -0.278. The molecule has 0 bridgehead atoms. The first-order valence-corrected chi connectivity index (χ1v) is 12.5. The highest BCUT2D eigenvalue weighted by atomic mass is 32.1. The van der Waals surface area contributed by atoms with Gasteiger partial charge in [-0.05, 0) is 72.9 Å². The number of hydrogen-bond donors (Lipinski definition) is 1. The zero-order chi connectivity index (χ0) is 24.5. The maximum atomic E-state index is 14.9. The second kappa shape index (κ2) is 9.72. The van der Waals surface area contributed by atoms with Gasteiger partial charge >= 0.3 is 0 Å². The van der Waals surface area contributed by atoms with Crippen LogP contribution in [0.5, 0.6) is 0 Å². The molecule has 6 nitrogen and oxygen atoms in total. The van der Waals surface area contributed by atoms with Crippen molar-refractivity contribution in [3.63, 3.8) is 0 Å². The average Bonchev–Trinajstić information content (AvgIpc) is 3.54. The van der Waals surface area contributed by atoms with E-state index in [-0.39, 0.29) is 17.9 Å². The Morgan fingerprint density at radius 2 is 1.64 bits per heavy atom. The van der Waals surface area contributed by atoms with Gasteiger partial charge in [0.05, 0.1) is 30.6 Å². The summed E-state index contributed by atoms with van der Waals surface area (Å²) in [5.74, 6) is -0.278. The van der Waals surface area contributed by atoms with Crippen molar-refractivity contribution in [2.45, 2.75) is 12.1 Å². The van der Waals surface area contributed by atoms with E-state index < -0.39 is 0 Å². The van der Waals surface area contributed by atoms with E-state index in [2.05, 4.69) is 44.4 Å². The van der Waals surface area contributed by atoms with E-state index in [0.29, 0.717) is 10.8 Å². The van der Waals surface area contributed by atoms with Crippen molar-refractivity contribution in [3.05, 3.63) is 108 Å². The van der Waals surface area contributed by atoms with Crippen LogP contribution in [0.1, 0.15) is 23.5 Å². The number of nitrogens with one attached hydrogen (secondary N) is 1. The number of para-hydroxylation sites is 1. The van der Waals surface area contributed by atoms with E-state index in [4.69, 9.17) is 17.0 Å². The number of ether oxygens (including phenoxy) is 1. The largest absolute Gasteiger partial charge is 0.378 e. The van der Waals surface area contributed by atoms with Crippen molar-refractivity contribution in [3.8, 4) is 5.69 Å². The van der Waals surface area contributed by atoms with Crippen molar-refractivity contribution in [2.24, 2.45) is 0 Å². The van der Waals surface area contributed by atoms with Crippen molar-refractivity contribution < 1.29 is 9.13 Å². The number of morpholine rings is 1. The summed E-state index contributed by atoms with van der Waals surface area (Å²) in [7, 11) is 0. The molecule has 8 heteroatoms. The summed E-state index contributed by atoms with van der Waals surface area (Å²) < 4.78 is 22.3. The summed E-state index contributed by atoms with van der Waals surface area (Å²) in [6.45, 7) is 3.23. The van der Waals surface area contributed by atoms with Gasteiger partial charge in [-0.15, -0.1) is 0 Å². The van der Waals surface area contributed by atoms with Crippen LogP contribution in [0, 0.1) is 5.82 Å². The average molecular weight is 500 g/mol. The Hall–Kier alpha value is -3.75. The van der Waals surface area contributed by atoms with Crippen molar-refractivity contribution in [2.75, 3.05) is 36.1 Å². The van der Waals surface area contributed by atoms with Crippen LogP contribution in [-0.2, 0) is 4.74 Å². The third-order valence-electron chi connectivity index (χ3n) is 6.80. The van der Waals surface area contributed by atoms with E-state index in [1.807, 2.05) is 47.2 Å².